The molecule has 0 radical (unpaired) electrons. The van der Waals surface area contributed by atoms with Crippen molar-refractivity contribution in [2.75, 3.05) is 12.3 Å². The van der Waals surface area contributed by atoms with Gasteiger partial charge in [-0.25, -0.2) is 4.98 Å². The van der Waals surface area contributed by atoms with E-state index in [1.807, 2.05) is 30.3 Å². The Morgan fingerprint density at radius 2 is 1.64 bits per heavy atom. The van der Waals surface area contributed by atoms with E-state index in [9.17, 15) is 5.26 Å². The molecule has 3 aromatic rings. The van der Waals surface area contributed by atoms with Gasteiger partial charge < -0.3 is 10.5 Å². The third-order valence-electron chi connectivity index (χ3n) is 4.59. The molecule has 0 saturated heterocycles. The first kappa shape index (κ1) is 19.4. The first-order valence-corrected chi connectivity index (χ1v) is 9.69. The molecule has 4 nitrogen and oxygen atoms in total. The number of hydrogen-bond acceptors (Lipinski definition) is 4. The van der Waals surface area contributed by atoms with Crippen molar-refractivity contribution in [2.24, 2.45) is 0 Å². The van der Waals surface area contributed by atoms with Gasteiger partial charge in [-0.1, -0.05) is 56.7 Å². The number of nitrogen functional groups attached to an aromatic ring is 1. The second-order valence-corrected chi connectivity index (χ2v) is 6.75. The van der Waals surface area contributed by atoms with E-state index < -0.39 is 0 Å². The van der Waals surface area contributed by atoms with Gasteiger partial charge in [0.1, 0.15) is 23.2 Å². The van der Waals surface area contributed by atoms with Crippen LogP contribution in [0.4, 0.5) is 5.82 Å². The molecule has 0 atom stereocenters. The van der Waals surface area contributed by atoms with Gasteiger partial charge in [0.25, 0.3) is 0 Å². The van der Waals surface area contributed by atoms with Gasteiger partial charge in [-0.15, -0.1) is 0 Å². The molecule has 0 spiro atoms. The molecule has 0 bridgehead atoms. The summed E-state index contributed by atoms with van der Waals surface area (Å²) in [4.78, 5) is 4.46. The van der Waals surface area contributed by atoms with Crippen molar-refractivity contribution in [1.82, 2.24) is 4.98 Å². The van der Waals surface area contributed by atoms with Crippen LogP contribution in [0.1, 0.15) is 37.8 Å². The maximum atomic E-state index is 9.59. The Labute approximate surface area is 166 Å². The van der Waals surface area contributed by atoms with Crippen LogP contribution in [0, 0.1) is 11.3 Å². The number of anilines is 1. The Bertz CT molecular complexity index is 970. The third-order valence-corrected chi connectivity index (χ3v) is 4.59. The lowest BCUT2D eigenvalue weighted by Crippen LogP contribution is -2.00. The molecule has 4 heteroatoms. The van der Waals surface area contributed by atoms with E-state index in [1.165, 1.54) is 5.56 Å². The van der Waals surface area contributed by atoms with Crippen LogP contribution in [0.15, 0.2) is 54.6 Å². The van der Waals surface area contributed by atoms with Crippen LogP contribution in [0.3, 0.4) is 0 Å². The quantitative estimate of drug-likeness (QED) is 0.586. The molecule has 0 fully saturated rings. The van der Waals surface area contributed by atoms with E-state index in [0.29, 0.717) is 12.2 Å². The molecule has 0 aliphatic rings. The van der Waals surface area contributed by atoms with E-state index in [0.717, 1.165) is 47.4 Å². The number of pyridine rings is 1. The maximum absolute atomic E-state index is 9.59. The van der Waals surface area contributed by atoms with E-state index in [4.69, 9.17) is 10.5 Å². The lowest BCUT2D eigenvalue weighted by atomic mass is 9.98. The predicted octanol–water partition coefficient (Wildman–Crippen LogP) is 5.61. The zero-order valence-corrected chi connectivity index (χ0v) is 16.4. The third kappa shape index (κ3) is 4.32. The minimum Gasteiger partial charge on any atom is -0.494 e. The molecule has 0 aliphatic carbocycles. The Morgan fingerprint density at radius 3 is 2.25 bits per heavy atom. The molecule has 0 saturated carbocycles. The summed E-state index contributed by atoms with van der Waals surface area (Å²) in [7, 11) is 0. The lowest BCUT2D eigenvalue weighted by molar-refractivity contribution is 0.317. The van der Waals surface area contributed by atoms with Gasteiger partial charge in [0.2, 0.25) is 0 Å². The van der Waals surface area contributed by atoms with Crippen LogP contribution in [0.5, 0.6) is 5.75 Å². The standard InChI is InChI=1S/C24H25N3O/c1-3-5-17-6-8-19(9-7-17)23-15-21(22(16-25)24(26)27-23)18-10-12-20(13-11-18)28-14-4-2/h6-13,15H,3-5,14H2,1-2H3,(H2,26,27). The zero-order chi connectivity index (χ0) is 19.9. The number of nitrogens with zero attached hydrogens (tertiary/aromatic N) is 2. The van der Waals surface area contributed by atoms with Crippen LogP contribution < -0.4 is 10.5 Å². The SMILES string of the molecule is CCCOc1ccc(-c2cc(-c3ccc(CCC)cc3)nc(N)c2C#N)cc1. The summed E-state index contributed by atoms with van der Waals surface area (Å²) in [6.45, 7) is 4.93. The summed E-state index contributed by atoms with van der Waals surface area (Å²) in [6.07, 6.45) is 3.13. The fourth-order valence-corrected chi connectivity index (χ4v) is 3.14. The van der Waals surface area contributed by atoms with E-state index in [1.54, 1.807) is 0 Å². The molecular formula is C24H25N3O. The molecule has 2 aromatic carbocycles. The number of aromatic nitrogens is 1. The van der Waals surface area contributed by atoms with Crippen molar-refractivity contribution in [2.45, 2.75) is 33.1 Å². The summed E-state index contributed by atoms with van der Waals surface area (Å²) in [5.41, 5.74) is 11.3. The average molecular weight is 371 g/mol. The Balaban J connectivity index is 1.99. The summed E-state index contributed by atoms with van der Waals surface area (Å²) in [6, 6.07) is 20.2. The van der Waals surface area contributed by atoms with Crippen molar-refractivity contribution >= 4 is 5.82 Å². The molecule has 2 N–H and O–H groups in total. The molecule has 0 amide bonds. The van der Waals surface area contributed by atoms with Crippen molar-refractivity contribution in [3.63, 3.8) is 0 Å². The van der Waals surface area contributed by atoms with Gasteiger partial charge in [-0.2, -0.15) is 5.26 Å². The molecule has 0 aliphatic heterocycles. The number of aryl methyl sites for hydroxylation is 1. The molecule has 1 aromatic heterocycles. The normalized spacial score (nSPS) is 10.5. The van der Waals surface area contributed by atoms with Crippen molar-refractivity contribution in [3.05, 3.63) is 65.7 Å². The molecular weight excluding hydrogens is 346 g/mol. The number of nitriles is 1. The van der Waals surface area contributed by atoms with E-state index in [2.05, 4.69) is 49.2 Å². The Morgan fingerprint density at radius 1 is 0.964 bits per heavy atom. The Kier molecular flexibility index (Phi) is 6.29. The highest BCUT2D eigenvalue weighted by molar-refractivity contribution is 5.80. The van der Waals surface area contributed by atoms with Crippen LogP contribution in [0.25, 0.3) is 22.4 Å². The van der Waals surface area contributed by atoms with Gasteiger partial charge in [0, 0.05) is 11.1 Å². The second kappa shape index (κ2) is 9.05. The zero-order valence-electron chi connectivity index (χ0n) is 16.4. The first-order valence-electron chi connectivity index (χ1n) is 9.69. The van der Waals surface area contributed by atoms with Crippen LogP contribution in [0.2, 0.25) is 0 Å². The van der Waals surface area contributed by atoms with Gasteiger partial charge in [0.05, 0.1) is 12.3 Å². The topological polar surface area (TPSA) is 71.9 Å². The van der Waals surface area contributed by atoms with E-state index >= 15 is 0 Å². The minimum absolute atomic E-state index is 0.249. The number of ether oxygens (including phenoxy) is 1. The minimum atomic E-state index is 0.249. The Hall–Kier alpha value is -3.32. The maximum Gasteiger partial charge on any atom is 0.142 e. The smallest absolute Gasteiger partial charge is 0.142 e. The lowest BCUT2D eigenvalue weighted by Gasteiger charge is -2.11. The second-order valence-electron chi connectivity index (χ2n) is 6.75. The first-order chi connectivity index (χ1) is 13.7. The molecule has 1 heterocycles. The van der Waals surface area contributed by atoms with Gasteiger partial charge in [-0.05, 0) is 42.2 Å². The number of benzene rings is 2. The highest BCUT2D eigenvalue weighted by Gasteiger charge is 2.13. The highest BCUT2D eigenvalue weighted by Crippen LogP contribution is 2.32. The number of hydrogen-bond donors (Lipinski definition) is 1. The number of rotatable bonds is 7. The molecule has 3 rings (SSSR count). The van der Waals surface area contributed by atoms with Crippen LogP contribution in [-0.4, -0.2) is 11.6 Å². The van der Waals surface area contributed by atoms with Crippen molar-refractivity contribution in [1.29, 1.82) is 5.26 Å². The van der Waals surface area contributed by atoms with Crippen LogP contribution in [-0.2, 0) is 6.42 Å². The van der Waals surface area contributed by atoms with Gasteiger partial charge >= 0.3 is 0 Å². The molecule has 0 unspecified atom stereocenters. The largest absolute Gasteiger partial charge is 0.494 e. The monoisotopic (exact) mass is 371 g/mol. The fraction of sp³-hybridized carbons (Fsp3) is 0.250. The van der Waals surface area contributed by atoms with Gasteiger partial charge in [-0.3, -0.25) is 0 Å². The van der Waals surface area contributed by atoms with E-state index in [-0.39, 0.29) is 5.82 Å². The average Bonchev–Trinajstić information content (AvgIpc) is 2.73. The fourth-order valence-electron chi connectivity index (χ4n) is 3.14. The molecule has 28 heavy (non-hydrogen) atoms. The summed E-state index contributed by atoms with van der Waals surface area (Å²) in [5.74, 6) is 1.07. The summed E-state index contributed by atoms with van der Waals surface area (Å²) in [5, 5.41) is 9.59. The summed E-state index contributed by atoms with van der Waals surface area (Å²) >= 11 is 0. The van der Waals surface area contributed by atoms with Gasteiger partial charge in [0.15, 0.2) is 0 Å². The highest BCUT2D eigenvalue weighted by atomic mass is 16.5. The predicted molar refractivity (Wildman–Crippen MR) is 114 cm³/mol. The van der Waals surface area contributed by atoms with Crippen molar-refractivity contribution in [3.8, 4) is 34.2 Å². The molecule has 142 valence electrons. The number of nitrogens with two attached hydrogens (primary N) is 1. The van der Waals surface area contributed by atoms with Crippen LogP contribution >= 0.6 is 0 Å². The summed E-state index contributed by atoms with van der Waals surface area (Å²) < 4.78 is 5.65. The van der Waals surface area contributed by atoms with Crippen molar-refractivity contribution < 1.29 is 4.74 Å².